The monoisotopic (exact) mass is 339 g/mol. The van der Waals surface area contributed by atoms with Crippen molar-refractivity contribution in [2.45, 2.75) is 57.0 Å². The highest BCUT2D eigenvalue weighted by molar-refractivity contribution is 7.89. The van der Waals surface area contributed by atoms with Crippen molar-refractivity contribution < 1.29 is 13.2 Å². The van der Waals surface area contributed by atoms with E-state index in [4.69, 9.17) is 5.14 Å². The normalized spacial score (nSPS) is 18.0. The highest BCUT2D eigenvalue weighted by Crippen LogP contribution is 2.33. The molecule has 23 heavy (non-hydrogen) atoms. The zero-order valence-corrected chi connectivity index (χ0v) is 14.9. The molecule has 1 heterocycles. The maximum absolute atomic E-state index is 12.3. The van der Waals surface area contributed by atoms with E-state index in [2.05, 4.69) is 5.32 Å². The summed E-state index contributed by atoms with van der Waals surface area (Å²) in [6, 6.07) is 4.97. The van der Waals surface area contributed by atoms with Crippen LogP contribution in [0.3, 0.4) is 0 Å². The molecule has 0 radical (unpaired) electrons. The van der Waals surface area contributed by atoms with Crippen molar-refractivity contribution in [3.63, 3.8) is 0 Å². The summed E-state index contributed by atoms with van der Waals surface area (Å²) < 4.78 is 22.9. The minimum Gasteiger partial charge on any atom is -0.359 e. The van der Waals surface area contributed by atoms with Gasteiger partial charge in [-0.05, 0) is 57.4 Å². The molecule has 0 bridgehead atoms. The molecule has 1 aromatic rings. The summed E-state index contributed by atoms with van der Waals surface area (Å²) in [5.74, 6) is -0.0351. The van der Waals surface area contributed by atoms with Crippen molar-refractivity contribution >= 4 is 21.6 Å². The Bertz CT molecular complexity index is 713. The number of sulfonamides is 1. The van der Waals surface area contributed by atoms with E-state index in [0.717, 1.165) is 17.7 Å². The molecule has 2 rings (SSSR count). The number of nitrogens with one attached hydrogen (secondary N) is 1. The zero-order chi connectivity index (χ0) is 17.4. The van der Waals surface area contributed by atoms with Gasteiger partial charge in [0, 0.05) is 17.3 Å². The predicted molar refractivity (Wildman–Crippen MR) is 90.8 cm³/mol. The number of amides is 1. The summed E-state index contributed by atoms with van der Waals surface area (Å²) in [6.07, 6.45) is 1.55. The average Bonchev–Trinajstić information content (AvgIpc) is 2.73. The second-order valence-electron chi connectivity index (χ2n) is 6.80. The van der Waals surface area contributed by atoms with Crippen LogP contribution in [0.4, 0.5) is 5.69 Å². The van der Waals surface area contributed by atoms with Crippen LogP contribution < -0.4 is 15.4 Å². The van der Waals surface area contributed by atoms with E-state index < -0.39 is 10.0 Å². The highest BCUT2D eigenvalue weighted by Gasteiger charge is 2.29. The van der Waals surface area contributed by atoms with Crippen LogP contribution >= 0.6 is 0 Å². The maximum atomic E-state index is 12.3. The Balaban J connectivity index is 2.19. The van der Waals surface area contributed by atoms with Crippen molar-refractivity contribution in [1.29, 1.82) is 0 Å². The fourth-order valence-corrected chi connectivity index (χ4v) is 3.31. The Morgan fingerprint density at radius 1 is 1.43 bits per heavy atom. The summed E-state index contributed by atoms with van der Waals surface area (Å²) >= 11 is 0. The number of rotatable bonds is 5. The SMILES string of the molecule is CCC(C)(C)NC(=O)CN1c2ccc(S(N)(=O)=O)cc2C[C@H]1C. The lowest BCUT2D eigenvalue weighted by atomic mass is 10.0. The van der Waals surface area contributed by atoms with Gasteiger partial charge in [0.15, 0.2) is 0 Å². The fourth-order valence-electron chi connectivity index (χ4n) is 2.75. The first-order chi connectivity index (χ1) is 10.5. The van der Waals surface area contributed by atoms with Gasteiger partial charge in [-0.15, -0.1) is 0 Å². The van der Waals surface area contributed by atoms with Crippen molar-refractivity contribution in [3.8, 4) is 0 Å². The number of hydrogen-bond acceptors (Lipinski definition) is 4. The van der Waals surface area contributed by atoms with Gasteiger partial charge in [0.2, 0.25) is 15.9 Å². The van der Waals surface area contributed by atoms with Crippen molar-refractivity contribution in [2.24, 2.45) is 5.14 Å². The number of nitrogens with two attached hydrogens (primary N) is 1. The lowest BCUT2D eigenvalue weighted by Gasteiger charge is -2.29. The molecule has 7 heteroatoms. The molecule has 3 N–H and O–H groups in total. The van der Waals surface area contributed by atoms with Gasteiger partial charge in [0.1, 0.15) is 0 Å². The van der Waals surface area contributed by atoms with Crippen LogP contribution in [0.1, 0.15) is 39.7 Å². The third kappa shape index (κ3) is 4.03. The molecular formula is C16H25N3O3S. The summed E-state index contributed by atoms with van der Waals surface area (Å²) in [7, 11) is -3.71. The molecule has 128 valence electrons. The van der Waals surface area contributed by atoms with E-state index in [9.17, 15) is 13.2 Å². The molecule has 0 aliphatic carbocycles. The number of hydrogen-bond donors (Lipinski definition) is 2. The minimum absolute atomic E-state index is 0.0351. The number of nitrogens with zero attached hydrogens (tertiary/aromatic N) is 1. The van der Waals surface area contributed by atoms with Gasteiger partial charge in [-0.3, -0.25) is 4.79 Å². The molecule has 1 aliphatic heterocycles. The Morgan fingerprint density at radius 2 is 2.09 bits per heavy atom. The number of carbonyl (C=O) groups is 1. The largest absolute Gasteiger partial charge is 0.359 e. The van der Waals surface area contributed by atoms with Crippen LogP contribution in [0.2, 0.25) is 0 Å². The topological polar surface area (TPSA) is 92.5 Å². The number of carbonyl (C=O) groups excluding carboxylic acids is 1. The Morgan fingerprint density at radius 3 is 2.65 bits per heavy atom. The van der Waals surface area contributed by atoms with Crippen LogP contribution in [-0.4, -0.2) is 32.5 Å². The standard InChI is InChI=1S/C16H25N3O3S/c1-5-16(3,4)18-15(20)10-19-11(2)8-12-9-13(23(17,21)22)6-7-14(12)19/h6-7,9,11H,5,8,10H2,1-4H3,(H,18,20)(H2,17,21,22)/t11-/m1/s1. The predicted octanol–water partition coefficient (Wildman–Crippen LogP) is 1.39. The summed E-state index contributed by atoms with van der Waals surface area (Å²) in [5, 5.41) is 8.20. The van der Waals surface area contributed by atoms with Crippen LogP contribution in [0.25, 0.3) is 0 Å². The van der Waals surface area contributed by atoms with Crippen molar-refractivity contribution in [3.05, 3.63) is 23.8 Å². The second kappa shape index (κ2) is 6.13. The molecule has 0 saturated carbocycles. The molecule has 1 aromatic carbocycles. The molecule has 0 saturated heterocycles. The van der Waals surface area contributed by atoms with Gasteiger partial charge in [-0.25, -0.2) is 13.6 Å². The molecule has 1 amide bonds. The van der Waals surface area contributed by atoms with Crippen molar-refractivity contribution in [2.75, 3.05) is 11.4 Å². The summed E-state index contributed by atoms with van der Waals surface area (Å²) in [4.78, 5) is 14.4. The summed E-state index contributed by atoms with van der Waals surface area (Å²) in [6.45, 7) is 8.29. The molecule has 0 unspecified atom stereocenters. The van der Waals surface area contributed by atoms with Crippen LogP contribution in [-0.2, 0) is 21.2 Å². The second-order valence-corrected chi connectivity index (χ2v) is 8.36. The first-order valence-electron chi connectivity index (χ1n) is 7.77. The van der Waals surface area contributed by atoms with E-state index in [1.54, 1.807) is 12.1 Å². The third-order valence-electron chi connectivity index (χ3n) is 4.41. The Hall–Kier alpha value is -1.60. The molecular weight excluding hydrogens is 314 g/mol. The van der Waals surface area contributed by atoms with Gasteiger partial charge < -0.3 is 10.2 Å². The lowest BCUT2D eigenvalue weighted by Crippen LogP contribution is -2.48. The van der Waals surface area contributed by atoms with Crippen molar-refractivity contribution in [1.82, 2.24) is 5.32 Å². The average molecular weight is 339 g/mol. The smallest absolute Gasteiger partial charge is 0.239 e. The molecule has 0 fully saturated rings. The Kier molecular flexibility index (Phi) is 4.73. The first-order valence-corrected chi connectivity index (χ1v) is 9.31. The highest BCUT2D eigenvalue weighted by atomic mass is 32.2. The quantitative estimate of drug-likeness (QED) is 0.848. The minimum atomic E-state index is -3.71. The Labute approximate surface area is 138 Å². The van der Waals surface area contributed by atoms with E-state index in [1.807, 2.05) is 32.6 Å². The van der Waals surface area contributed by atoms with E-state index in [1.165, 1.54) is 6.07 Å². The molecule has 0 aromatic heterocycles. The summed E-state index contributed by atoms with van der Waals surface area (Å²) in [5.41, 5.74) is 1.57. The molecule has 6 nitrogen and oxygen atoms in total. The van der Waals surface area contributed by atoms with Gasteiger partial charge >= 0.3 is 0 Å². The first kappa shape index (κ1) is 17.7. The molecule has 1 aliphatic rings. The van der Waals surface area contributed by atoms with Crippen LogP contribution in [0.15, 0.2) is 23.1 Å². The molecule has 0 spiro atoms. The van der Waals surface area contributed by atoms with Gasteiger partial charge in [-0.2, -0.15) is 0 Å². The fraction of sp³-hybridized carbons (Fsp3) is 0.562. The number of fused-ring (bicyclic) bond motifs is 1. The number of primary sulfonamides is 1. The van der Waals surface area contributed by atoms with E-state index in [0.29, 0.717) is 6.42 Å². The van der Waals surface area contributed by atoms with E-state index >= 15 is 0 Å². The van der Waals surface area contributed by atoms with Crippen LogP contribution in [0, 0.1) is 0 Å². The van der Waals surface area contributed by atoms with Gasteiger partial charge in [0.05, 0.1) is 11.4 Å². The number of benzene rings is 1. The zero-order valence-electron chi connectivity index (χ0n) is 14.1. The van der Waals surface area contributed by atoms with Gasteiger partial charge in [-0.1, -0.05) is 6.92 Å². The van der Waals surface area contributed by atoms with Gasteiger partial charge in [0.25, 0.3) is 0 Å². The number of anilines is 1. The molecule has 1 atom stereocenters. The third-order valence-corrected chi connectivity index (χ3v) is 5.32. The van der Waals surface area contributed by atoms with Crippen LogP contribution in [0.5, 0.6) is 0 Å². The maximum Gasteiger partial charge on any atom is 0.239 e. The lowest BCUT2D eigenvalue weighted by molar-refractivity contribution is -0.121. The van der Waals surface area contributed by atoms with E-state index in [-0.39, 0.29) is 28.9 Å².